The van der Waals surface area contributed by atoms with Gasteiger partial charge in [-0.15, -0.1) is 0 Å². The molecule has 0 aliphatic carbocycles. The van der Waals surface area contributed by atoms with E-state index in [4.69, 9.17) is 0 Å². The molecule has 2 atom stereocenters. The first kappa shape index (κ1) is 16.6. The van der Waals surface area contributed by atoms with Gasteiger partial charge in [0.2, 0.25) is 0 Å². The zero-order valence-corrected chi connectivity index (χ0v) is 10.5. The maximum absolute atomic E-state index is 11.2. The van der Waals surface area contributed by atoms with Gasteiger partial charge >= 0.3 is 11.9 Å². The van der Waals surface area contributed by atoms with Crippen molar-refractivity contribution in [3.8, 4) is 0 Å². The van der Waals surface area contributed by atoms with Crippen molar-refractivity contribution in [2.24, 2.45) is 5.92 Å². The molecule has 2 unspecified atom stereocenters. The van der Waals surface area contributed by atoms with Gasteiger partial charge in [0.15, 0.2) is 0 Å². The van der Waals surface area contributed by atoms with Gasteiger partial charge in [-0.25, -0.2) is 9.59 Å². The maximum atomic E-state index is 11.2. The van der Waals surface area contributed by atoms with E-state index in [0.717, 1.165) is 6.08 Å². The van der Waals surface area contributed by atoms with E-state index >= 15 is 0 Å². The fourth-order valence-corrected chi connectivity index (χ4v) is 0.753. The monoisotopic (exact) mass is 261 g/mol. The number of aliphatic hydroxyl groups is 1. The smallest absolute Gasteiger partial charge is 0.330 e. The molecule has 0 spiro atoms. The van der Waals surface area contributed by atoms with Crippen LogP contribution >= 0.6 is 0 Å². The molecule has 2 N–H and O–H groups in total. The minimum atomic E-state index is -1.02. The highest BCUT2D eigenvalue weighted by Crippen LogP contribution is 2.01. The first-order chi connectivity index (χ1) is 8.51. The summed E-state index contributed by atoms with van der Waals surface area (Å²) in [6.07, 6.45) is 0.615. The number of esters is 1. The third-order valence-electron chi connectivity index (χ3n) is 2.08. The Morgan fingerprint density at radius 3 is 2.67 bits per heavy atom. The first-order valence-corrected chi connectivity index (χ1v) is 5.56. The second-order valence-electron chi connectivity index (χ2n) is 3.61. The minimum Gasteiger partial charge on any atom is -0.460 e. The lowest BCUT2D eigenvalue weighted by atomic mass is 10.1. The summed E-state index contributed by atoms with van der Waals surface area (Å²) < 4.78 is 4.56. The fraction of sp³-hybridized carbons (Fsp3) is 0.636. The van der Waals surface area contributed by atoms with Crippen LogP contribution in [0.3, 0.4) is 0 Å². The van der Waals surface area contributed by atoms with E-state index in [1.54, 1.807) is 6.92 Å². The molecule has 18 heavy (non-hydrogen) atoms. The molecule has 0 fully saturated rings. The normalized spacial score (nSPS) is 13.5. The molecule has 0 rings (SSSR count). The molecule has 0 bridgehead atoms. The fourth-order valence-electron chi connectivity index (χ4n) is 0.753. The first-order valence-electron chi connectivity index (χ1n) is 5.56. The molecule has 0 saturated heterocycles. The van der Waals surface area contributed by atoms with Crippen LogP contribution in [0.15, 0.2) is 12.7 Å². The topological polar surface area (TPSA) is 94.1 Å². The number of carbonyl (C=O) groups is 2. The number of ether oxygens (including phenoxy) is 1. The molecule has 7 nitrogen and oxygen atoms in total. The Labute approximate surface area is 106 Å². The SMILES string of the molecule is C=CC(=O)OCC(O)CONOC(=O)C(C)CC. The van der Waals surface area contributed by atoms with Crippen molar-refractivity contribution in [3.05, 3.63) is 12.7 Å². The van der Waals surface area contributed by atoms with Gasteiger partial charge in [0.1, 0.15) is 19.3 Å². The minimum absolute atomic E-state index is 0.196. The van der Waals surface area contributed by atoms with Crippen molar-refractivity contribution in [1.29, 1.82) is 0 Å². The third-order valence-corrected chi connectivity index (χ3v) is 2.08. The van der Waals surface area contributed by atoms with Crippen molar-refractivity contribution in [2.45, 2.75) is 26.4 Å². The van der Waals surface area contributed by atoms with E-state index in [1.165, 1.54) is 0 Å². The van der Waals surface area contributed by atoms with Crippen LogP contribution < -0.4 is 5.64 Å². The lowest BCUT2D eigenvalue weighted by Crippen LogP contribution is -2.30. The molecule has 0 aromatic carbocycles. The molecule has 0 aliphatic heterocycles. The molecule has 0 radical (unpaired) electrons. The molecule has 0 saturated carbocycles. The number of hydrogen-bond acceptors (Lipinski definition) is 7. The zero-order valence-electron chi connectivity index (χ0n) is 10.5. The van der Waals surface area contributed by atoms with Crippen molar-refractivity contribution in [3.63, 3.8) is 0 Å². The van der Waals surface area contributed by atoms with Crippen LogP contribution in [-0.4, -0.2) is 36.4 Å². The quantitative estimate of drug-likeness (QED) is 0.263. The molecular formula is C11H19NO6. The molecular weight excluding hydrogens is 242 g/mol. The number of nitrogens with one attached hydrogen (secondary N) is 1. The Bertz CT molecular complexity index is 281. The Balaban J connectivity index is 3.56. The van der Waals surface area contributed by atoms with E-state index in [2.05, 4.69) is 21.0 Å². The summed E-state index contributed by atoms with van der Waals surface area (Å²) in [5, 5.41) is 9.30. The highest BCUT2D eigenvalue weighted by atomic mass is 16.9. The molecule has 0 aromatic heterocycles. The van der Waals surface area contributed by atoms with Gasteiger partial charge in [-0.05, 0) is 12.1 Å². The molecule has 0 aromatic rings. The summed E-state index contributed by atoms with van der Waals surface area (Å²) in [5.74, 6) is -1.32. The molecule has 0 heterocycles. The second kappa shape index (κ2) is 9.58. The van der Waals surface area contributed by atoms with Crippen LogP contribution in [0.2, 0.25) is 0 Å². The van der Waals surface area contributed by atoms with Gasteiger partial charge in [0, 0.05) is 6.08 Å². The average Bonchev–Trinajstić information content (AvgIpc) is 2.39. The van der Waals surface area contributed by atoms with E-state index in [-0.39, 0.29) is 19.1 Å². The summed E-state index contributed by atoms with van der Waals surface area (Å²) in [4.78, 5) is 31.0. The average molecular weight is 261 g/mol. The highest BCUT2D eigenvalue weighted by molar-refractivity contribution is 5.81. The Morgan fingerprint density at radius 1 is 1.44 bits per heavy atom. The van der Waals surface area contributed by atoms with Crippen LogP contribution in [-0.2, 0) is 24.0 Å². The van der Waals surface area contributed by atoms with Crippen molar-refractivity contribution in [1.82, 2.24) is 5.64 Å². The van der Waals surface area contributed by atoms with Gasteiger partial charge < -0.3 is 14.7 Å². The molecule has 104 valence electrons. The number of hydrogen-bond donors (Lipinski definition) is 2. The Hall–Kier alpha value is -1.44. The van der Waals surface area contributed by atoms with Gasteiger partial charge in [0.05, 0.1) is 5.92 Å². The number of carbonyl (C=O) groups excluding carboxylic acids is 2. The zero-order chi connectivity index (χ0) is 14.0. The Kier molecular flexibility index (Phi) is 8.81. The summed E-state index contributed by atoms with van der Waals surface area (Å²) >= 11 is 0. The van der Waals surface area contributed by atoms with Crippen molar-refractivity contribution < 1.29 is 29.1 Å². The number of rotatable bonds is 9. The molecule has 0 amide bonds. The Morgan fingerprint density at radius 2 is 2.11 bits per heavy atom. The van der Waals surface area contributed by atoms with E-state index < -0.39 is 18.0 Å². The summed E-state index contributed by atoms with van der Waals surface area (Å²) in [5.41, 5.74) is 1.96. The highest BCUT2D eigenvalue weighted by Gasteiger charge is 2.13. The van der Waals surface area contributed by atoms with Gasteiger partial charge in [-0.2, -0.15) is 0 Å². The van der Waals surface area contributed by atoms with Crippen LogP contribution in [0.25, 0.3) is 0 Å². The molecule has 0 aliphatic rings. The van der Waals surface area contributed by atoms with Gasteiger partial charge in [-0.1, -0.05) is 20.4 Å². The summed E-state index contributed by atoms with van der Waals surface area (Å²) in [7, 11) is 0. The van der Waals surface area contributed by atoms with Crippen molar-refractivity contribution >= 4 is 11.9 Å². The predicted molar refractivity (Wildman–Crippen MR) is 61.8 cm³/mol. The largest absolute Gasteiger partial charge is 0.460 e. The van der Waals surface area contributed by atoms with E-state index in [0.29, 0.717) is 6.42 Å². The van der Waals surface area contributed by atoms with Crippen LogP contribution in [0.1, 0.15) is 20.3 Å². The lowest BCUT2D eigenvalue weighted by Gasteiger charge is -2.12. The lowest BCUT2D eigenvalue weighted by molar-refractivity contribution is -0.203. The van der Waals surface area contributed by atoms with Crippen LogP contribution in [0.4, 0.5) is 0 Å². The van der Waals surface area contributed by atoms with Crippen LogP contribution in [0.5, 0.6) is 0 Å². The standard InChI is InChI=1S/C11H19NO6/c1-4-8(3)11(15)18-12-17-7-9(13)6-16-10(14)5-2/h5,8-9,12-13H,2,4,6-7H2,1,3H3. The predicted octanol–water partition coefficient (Wildman–Crippen LogP) is 0.102. The maximum Gasteiger partial charge on any atom is 0.330 e. The van der Waals surface area contributed by atoms with Crippen molar-refractivity contribution in [2.75, 3.05) is 13.2 Å². The van der Waals surface area contributed by atoms with Gasteiger partial charge in [-0.3, -0.25) is 4.84 Å². The van der Waals surface area contributed by atoms with Gasteiger partial charge in [0.25, 0.3) is 0 Å². The third kappa shape index (κ3) is 7.77. The summed E-state index contributed by atoms with van der Waals surface area (Å²) in [6.45, 7) is 6.34. The second-order valence-corrected chi connectivity index (χ2v) is 3.61. The van der Waals surface area contributed by atoms with E-state index in [1.807, 2.05) is 12.6 Å². The summed E-state index contributed by atoms with van der Waals surface area (Å²) in [6, 6.07) is 0. The van der Waals surface area contributed by atoms with E-state index in [9.17, 15) is 14.7 Å². The molecule has 7 heteroatoms. The van der Waals surface area contributed by atoms with Crippen LogP contribution in [0, 0.1) is 5.92 Å². The number of aliphatic hydroxyl groups excluding tert-OH is 1.